The molecule has 1 aromatic heterocycles. The van der Waals surface area contributed by atoms with E-state index in [0.717, 1.165) is 6.07 Å². The van der Waals surface area contributed by atoms with E-state index in [-0.39, 0.29) is 22.7 Å². The minimum atomic E-state index is -0.730. The highest BCUT2D eigenvalue weighted by atomic mass is 19.1. The van der Waals surface area contributed by atoms with Crippen molar-refractivity contribution in [2.24, 2.45) is 5.73 Å². The van der Waals surface area contributed by atoms with Crippen molar-refractivity contribution in [3.05, 3.63) is 51.8 Å². The van der Waals surface area contributed by atoms with Gasteiger partial charge in [-0.15, -0.1) is 0 Å². The Morgan fingerprint density at radius 1 is 1.23 bits per heavy atom. The van der Waals surface area contributed by atoms with Crippen LogP contribution < -0.4 is 11.5 Å². The van der Waals surface area contributed by atoms with Crippen molar-refractivity contribution in [3.63, 3.8) is 0 Å². The maximum absolute atomic E-state index is 14.3. The standard InChI is InChI=1S/C19H17FN4O2/c1-8-4-12-14(5-11(8)7-21)24(18(22)16(12)19(23)26)17-9(2)13(20)6-15(25)10(17)3/h4-6,25H,22H2,1-3H3,(H2,23,26). The Labute approximate surface area is 149 Å². The van der Waals surface area contributed by atoms with Crippen LogP contribution in [0, 0.1) is 37.9 Å². The highest BCUT2D eigenvalue weighted by Crippen LogP contribution is 2.38. The fourth-order valence-corrected chi connectivity index (χ4v) is 3.27. The predicted octanol–water partition coefficient (Wildman–Crippen LogP) is 2.95. The molecular weight excluding hydrogens is 335 g/mol. The molecule has 3 aromatic rings. The number of hydrogen-bond donors (Lipinski definition) is 3. The molecule has 1 heterocycles. The monoisotopic (exact) mass is 352 g/mol. The van der Waals surface area contributed by atoms with Gasteiger partial charge in [-0.25, -0.2) is 4.39 Å². The van der Waals surface area contributed by atoms with Crippen molar-refractivity contribution in [1.82, 2.24) is 4.57 Å². The lowest BCUT2D eigenvalue weighted by Gasteiger charge is -2.16. The quantitative estimate of drug-likeness (QED) is 0.657. The first-order valence-electron chi connectivity index (χ1n) is 7.82. The first kappa shape index (κ1) is 17.3. The zero-order valence-electron chi connectivity index (χ0n) is 14.5. The molecule has 6 nitrogen and oxygen atoms in total. The zero-order valence-corrected chi connectivity index (χ0v) is 14.5. The van der Waals surface area contributed by atoms with Gasteiger partial charge in [0.2, 0.25) is 0 Å². The average molecular weight is 352 g/mol. The number of phenolic OH excluding ortho intramolecular Hbond substituents is 1. The number of nitrogen functional groups attached to an aromatic ring is 1. The molecule has 0 aliphatic carbocycles. The summed E-state index contributed by atoms with van der Waals surface area (Å²) in [6, 6.07) is 6.34. The van der Waals surface area contributed by atoms with Gasteiger partial charge in [0.25, 0.3) is 5.91 Å². The number of nitriles is 1. The van der Waals surface area contributed by atoms with Crippen LogP contribution in [0.4, 0.5) is 10.2 Å². The van der Waals surface area contributed by atoms with Crippen molar-refractivity contribution in [2.45, 2.75) is 20.8 Å². The summed E-state index contributed by atoms with van der Waals surface area (Å²) in [5, 5.41) is 19.9. The van der Waals surface area contributed by atoms with Gasteiger partial charge in [0.05, 0.1) is 28.4 Å². The number of phenols is 1. The van der Waals surface area contributed by atoms with Gasteiger partial charge < -0.3 is 16.6 Å². The lowest BCUT2D eigenvalue weighted by atomic mass is 10.0. The molecule has 2 aromatic carbocycles. The van der Waals surface area contributed by atoms with E-state index >= 15 is 0 Å². The number of anilines is 1. The van der Waals surface area contributed by atoms with E-state index < -0.39 is 11.7 Å². The molecule has 3 rings (SSSR count). The predicted molar refractivity (Wildman–Crippen MR) is 96.8 cm³/mol. The number of primary amides is 1. The van der Waals surface area contributed by atoms with Crippen LogP contribution in [0.3, 0.4) is 0 Å². The van der Waals surface area contributed by atoms with E-state index in [9.17, 15) is 19.6 Å². The first-order valence-corrected chi connectivity index (χ1v) is 7.82. The minimum absolute atomic E-state index is 0.0261. The molecule has 26 heavy (non-hydrogen) atoms. The van der Waals surface area contributed by atoms with Gasteiger partial charge in [0, 0.05) is 22.6 Å². The van der Waals surface area contributed by atoms with Crippen molar-refractivity contribution < 1.29 is 14.3 Å². The molecule has 0 aliphatic rings. The first-order chi connectivity index (χ1) is 12.2. The van der Waals surface area contributed by atoms with Crippen LogP contribution in [-0.2, 0) is 0 Å². The molecule has 1 amide bonds. The Bertz CT molecular complexity index is 1110. The molecule has 0 spiro atoms. The molecule has 0 atom stereocenters. The molecule has 0 radical (unpaired) electrons. The number of aryl methyl sites for hydroxylation is 1. The summed E-state index contributed by atoms with van der Waals surface area (Å²) in [6.07, 6.45) is 0. The van der Waals surface area contributed by atoms with Gasteiger partial charge in [-0.3, -0.25) is 9.36 Å². The van der Waals surface area contributed by atoms with Crippen LogP contribution in [-0.4, -0.2) is 15.6 Å². The molecule has 0 bridgehead atoms. The number of aromatic hydroxyl groups is 1. The second-order valence-corrected chi connectivity index (χ2v) is 6.23. The maximum Gasteiger partial charge on any atom is 0.253 e. The van der Waals surface area contributed by atoms with Gasteiger partial charge in [-0.05, 0) is 38.5 Å². The van der Waals surface area contributed by atoms with Gasteiger partial charge >= 0.3 is 0 Å². The maximum atomic E-state index is 14.3. The van der Waals surface area contributed by atoms with Crippen molar-refractivity contribution in [1.29, 1.82) is 5.26 Å². The minimum Gasteiger partial charge on any atom is -0.507 e. The highest BCUT2D eigenvalue weighted by molar-refractivity contribution is 6.12. The van der Waals surface area contributed by atoms with Gasteiger partial charge in [-0.2, -0.15) is 5.26 Å². The van der Waals surface area contributed by atoms with E-state index in [1.807, 2.05) is 0 Å². The second-order valence-electron chi connectivity index (χ2n) is 6.23. The highest BCUT2D eigenvalue weighted by Gasteiger charge is 2.24. The van der Waals surface area contributed by atoms with Crippen molar-refractivity contribution >= 4 is 22.6 Å². The summed E-state index contributed by atoms with van der Waals surface area (Å²) in [6.45, 7) is 4.90. The lowest BCUT2D eigenvalue weighted by Crippen LogP contribution is -2.14. The van der Waals surface area contributed by atoms with Gasteiger partial charge in [0.15, 0.2) is 0 Å². The second kappa shape index (κ2) is 5.77. The summed E-state index contributed by atoms with van der Waals surface area (Å²) in [5.41, 5.74) is 14.2. The third-order valence-corrected chi connectivity index (χ3v) is 4.66. The smallest absolute Gasteiger partial charge is 0.253 e. The fraction of sp³-hybridized carbons (Fsp3) is 0.158. The number of rotatable bonds is 2. The van der Waals surface area contributed by atoms with Crippen molar-refractivity contribution in [2.75, 3.05) is 5.73 Å². The summed E-state index contributed by atoms with van der Waals surface area (Å²) in [7, 11) is 0. The molecule has 7 heteroatoms. The molecule has 132 valence electrons. The topological polar surface area (TPSA) is 118 Å². The fourth-order valence-electron chi connectivity index (χ4n) is 3.27. The Kier molecular flexibility index (Phi) is 3.84. The van der Waals surface area contributed by atoms with E-state index in [0.29, 0.717) is 33.3 Å². The lowest BCUT2D eigenvalue weighted by molar-refractivity contribution is 0.100. The number of carbonyl (C=O) groups is 1. The average Bonchev–Trinajstić information content (AvgIpc) is 2.84. The van der Waals surface area contributed by atoms with Crippen LogP contribution in [0.5, 0.6) is 5.75 Å². The van der Waals surface area contributed by atoms with Gasteiger partial charge in [-0.1, -0.05) is 0 Å². The van der Waals surface area contributed by atoms with Crippen LogP contribution in [0.15, 0.2) is 18.2 Å². The van der Waals surface area contributed by atoms with Crippen LogP contribution in [0.1, 0.15) is 32.6 Å². The normalized spacial score (nSPS) is 10.9. The van der Waals surface area contributed by atoms with E-state index in [4.69, 9.17) is 11.5 Å². The molecular formula is C19H17FN4O2. The molecule has 5 N–H and O–H groups in total. The van der Waals surface area contributed by atoms with Crippen LogP contribution >= 0.6 is 0 Å². The third-order valence-electron chi connectivity index (χ3n) is 4.66. The van der Waals surface area contributed by atoms with E-state index in [2.05, 4.69) is 6.07 Å². The number of carbonyl (C=O) groups excluding carboxylic acids is 1. The Morgan fingerprint density at radius 3 is 2.46 bits per heavy atom. The molecule has 0 unspecified atom stereocenters. The number of amides is 1. The van der Waals surface area contributed by atoms with Crippen LogP contribution in [0.2, 0.25) is 0 Å². The summed E-state index contributed by atoms with van der Waals surface area (Å²) in [5.74, 6) is -1.56. The number of aromatic nitrogens is 1. The van der Waals surface area contributed by atoms with E-state index in [1.54, 1.807) is 32.9 Å². The largest absolute Gasteiger partial charge is 0.507 e. The summed E-state index contributed by atoms with van der Waals surface area (Å²) < 4.78 is 15.7. The number of benzene rings is 2. The molecule has 0 fully saturated rings. The Hall–Kier alpha value is -3.53. The molecule has 0 aliphatic heterocycles. The van der Waals surface area contributed by atoms with E-state index in [1.165, 1.54) is 4.57 Å². The van der Waals surface area contributed by atoms with Crippen molar-refractivity contribution in [3.8, 4) is 17.5 Å². The number of nitrogens with two attached hydrogens (primary N) is 2. The molecule has 0 saturated carbocycles. The number of nitrogens with zero attached hydrogens (tertiary/aromatic N) is 2. The number of fused-ring (bicyclic) bond motifs is 1. The Balaban J connectivity index is 2.59. The number of halogens is 1. The summed E-state index contributed by atoms with van der Waals surface area (Å²) >= 11 is 0. The number of hydrogen-bond acceptors (Lipinski definition) is 4. The zero-order chi connectivity index (χ0) is 19.3. The summed E-state index contributed by atoms with van der Waals surface area (Å²) in [4.78, 5) is 12.0. The molecule has 0 saturated heterocycles. The third kappa shape index (κ3) is 2.27. The van der Waals surface area contributed by atoms with Crippen LogP contribution in [0.25, 0.3) is 16.6 Å². The SMILES string of the molecule is Cc1cc2c(C(N)=O)c(N)n(-c3c(C)c(O)cc(F)c3C)c2cc1C#N. The van der Waals surface area contributed by atoms with Gasteiger partial charge in [0.1, 0.15) is 17.4 Å². The Morgan fingerprint density at radius 2 is 1.88 bits per heavy atom.